The zero-order valence-corrected chi connectivity index (χ0v) is 18.4. The number of carbonyl (C=O) groups excluding carboxylic acids is 3. The van der Waals surface area contributed by atoms with E-state index < -0.39 is 66.9 Å². The first-order valence-electron chi connectivity index (χ1n) is 10.5. The third-order valence-corrected chi connectivity index (χ3v) is 4.72. The fraction of sp³-hybridized carbons (Fsp3) is 0.579. The molecule has 0 spiro atoms. The van der Waals surface area contributed by atoms with Crippen LogP contribution in [0.25, 0.3) is 0 Å². The van der Waals surface area contributed by atoms with Crippen LogP contribution < -0.4 is 27.4 Å². The molecule has 3 amide bonds. The topological polar surface area (TPSA) is 263 Å². The van der Waals surface area contributed by atoms with Crippen molar-refractivity contribution >= 4 is 29.7 Å². The summed E-state index contributed by atoms with van der Waals surface area (Å²) in [6, 6.07) is -5.48. The number of aromatic nitrogens is 2. The predicted octanol–water partition coefficient (Wildman–Crippen LogP) is -3.59. The molecular formula is C19H31N7O8. The Labute approximate surface area is 194 Å². The van der Waals surface area contributed by atoms with Gasteiger partial charge in [0.15, 0.2) is 0 Å². The van der Waals surface area contributed by atoms with Crippen molar-refractivity contribution in [2.24, 2.45) is 11.5 Å². The summed E-state index contributed by atoms with van der Waals surface area (Å²) in [4.78, 5) is 66.2. The highest BCUT2D eigenvalue weighted by Crippen LogP contribution is 2.05. The smallest absolute Gasteiger partial charge is 0.326 e. The highest BCUT2D eigenvalue weighted by molar-refractivity contribution is 5.94. The lowest BCUT2D eigenvalue weighted by atomic mass is 10.1. The molecule has 190 valence electrons. The average molecular weight is 485 g/mol. The maximum Gasteiger partial charge on any atom is 0.326 e. The van der Waals surface area contributed by atoms with E-state index in [1.54, 1.807) is 0 Å². The van der Waals surface area contributed by atoms with Gasteiger partial charge in [-0.2, -0.15) is 0 Å². The highest BCUT2D eigenvalue weighted by atomic mass is 16.4. The molecule has 1 rings (SSSR count). The number of aliphatic carboxylic acids is 2. The van der Waals surface area contributed by atoms with Gasteiger partial charge in [-0.15, -0.1) is 0 Å². The number of H-pyrrole nitrogens is 1. The van der Waals surface area contributed by atoms with Gasteiger partial charge in [-0.3, -0.25) is 19.2 Å². The molecule has 0 aliphatic heterocycles. The summed E-state index contributed by atoms with van der Waals surface area (Å²) in [7, 11) is 0. The molecule has 1 aromatic heterocycles. The Hall–Kier alpha value is -3.56. The minimum Gasteiger partial charge on any atom is -0.481 e. The van der Waals surface area contributed by atoms with Crippen molar-refractivity contribution in [1.82, 2.24) is 25.9 Å². The second-order valence-electron chi connectivity index (χ2n) is 7.47. The number of unbranched alkanes of at least 4 members (excludes halogenated alkanes) is 1. The number of amides is 3. The van der Waals surface area contributed by atoms with Crippen LogP contribution in [0.3, 0.4) is 0 Å². The van der Waals surface area contributed by atoms with Crippen LogP contribution in [-0.4, -0.2) is 92.3 Å². The van der Waals surface area contributed by atoms with Gasteiger partial charge in [0.05, 0.1) is 25.4 Å². The summed E-state index contributed by atoms with van der Waals surface area (Å²) < 4.78 is 0. The fourth-order valence-corrected chi connectivity index (χ4v) is 2.88. The molecule has 4 unspecified atom stereocenters. The van der Waals surface area contributed by atoms with Gasteiger partial charge in [-0.1, -0.05) is 0 Å². The summed E-state index contributed by atoms with van der Waals surface area (Å²) in [6.07, 6.45) is 3.05. The number of nitrogens with two attached hydrogens (primary N) is 2. The normalized spacial score (nSPS) is 14.3. The summed E-state index contributed by atoms with van der Waals surface area (Å²) in [5, 5.41) is 34.5. The number of carboxylic acids is 2. The zero-order valence-electron chi connectivity index (χ0n) is 18.4. The Morgan fingerprint density at radius 3 is 2.12 bits per heavy atom. The number of hydrogen-bond donors (Lipinski definition) is 9. The molecule has 0 aliphatic rings. The van der Waals surface area contributed by atoms with Crippen molar-refractivity contribution < 1.29 is 39.3 Å². The summed E-state index contributed by atoms with van der Waals surface area (Å²) >= 11 is 0. The minimum atomic E-state index is -1.52. The van der Waals surface area contributed by atoms with Crippen LogP contribution in [0, 0.1) is 0 Å². The Morgan fingerprint density at radius 2 is 1.59 bits per heavy atom. The molecule has 15 nitrogen and oxygen atoms in total. The van der Waals surface area contributed by atoms with E-state index in [1.807, 2.05) is 0 Å². The minimum absolute atomic E-state index is 0.0820. The van der Waals surface area contributed by atoms with Crippen LogP contribution in [-0.2, 0) is 30.4 Å². The standard InChI is InChI=1S/C19H31N7O8/c20-4-2-1-3-12(17(31)25-13(19(33)34)5-10-7-22-9-23-10)24-18(32)14(8-27)26-16(30)11(21)6-15(28)29/h7,9,11-14,27H,1-6,8,20-21H2,(H,22,23)(H,24,32)(H,25,31)(H,26,30)(H,28,29)(H,33,34). The molecule has 0 fully saturated rings. The second kappa shape index (κ2) is 14.6. The van der Waals surface area contributed by atoms with E-state index in [4.69, 9.17) is 16.6 Å². The third kappa shape index (κ3) is 9.93. The molecule has 0 bridgehead atoms. The van der Waals surface area contributed by atoms with Gasteiger partial charge in [0.2, 0.25) is 17.7 Å². The molecule has 4 atom stereocenters. The first-order chi connectivity index (χ1) is 16.1. The number of hydrogen-bond acceptors (Lipinski definition) is 9. The summed E-state index contributed by atoms with van der Waals surface area (Å²) in [6.45, 7) is -0.525. The maximum atomic E-state index is 12.8. The van der Waals surface area contributed by atoms with Crippen LogP contribution in [0.15, 0.2) is 12.5 Å². The number of imidazole rings is 1. The number of rotatable bonds is 16. The number of aliphatic hydroxyl groups is 1. The van der Waals surface area contributed by atoms with Crippen molar-refractivity contribution in [3.05, 3.63) is 18.2 Å². The van der Waals surface area contributed by atoms with E-state index >= 15 is 0 Å². The predicted molar refractivity (Wildman–Crippen MR) is 116 cm³/mol. The Kier molecular flexibility index (Phi) is 12.2. The first-order valence-corrected chi connectivity index (χ1v) is 10.5. The number of nitrogens with zero attached hydrogens (tertiary/aromatic N) is 1. The Morgan fingerprint density at radius 1 is 0.971 bits per heavy atom. The highest BCUT2D eigenvalue weighted by Gasteiger charge is 2.30. The van der Waals surface area contributed by atoms with Crippen LogP contribution >= 0.6 is 0 Å². The van der Waals surface area contributed by atoms with E-state index in [2.05, 4.69) is 25.9 Å². The van der Waals surface area contributed by atoms with Crippen molar-refractivity contribution in [2.75, 3.05) is 13.2 Å². The molecular weight excluding hydrogens is 454 g/mol. The van der Waals surface area contributed by atoms with E-state index in [0.29, 0.717) is 25.1 Å². The molecule has 1 heterocycles. The quantitative estimate of drug-likeness (QED) is 0.103. The molecule has 11 N–H and O–H groups in total. The van der Waals surface area contributed by atoms with Crippen molar-refractivity contribution in [3.8, 4) is 0 Å². The summed E-state index contributed by atoms with van der Waals surface area (Å²) in [5.41, 5.74) is 11.4. The lowest BCUT2D eigenvalue weighted by molar-refractivity contribution is -0.142. The van der Waals surface area contributed by atoms with Gasteiger partial charge in [0, 0.05) is 18.3 Å². The zero-order chi connectivity index (χ0) is 25.7. The van der Waals surface area contributed by atoms with Crippen molar-refractivity contribution in [2.45, 2.75) is 56.3 Å². The van der Waals surface area contributed by atoms with Gasteiger partial charge in [-0.25, -0.2) is 9.78 Å². The number of aliphatic hydroxyl groups excluding tert-OH is 1. The molecule has 0 aliphatic carbocycles. The number of carboxylic acid groups (broad SMARTS) is 2. The monoisotopic (exact) mass is 485 g/mol. The number of nitrogens with one attached hydrogen (secondary N) is 4. The molecule has 0 saturated heterocycles. The lowest BCUT2D eigenvalue weighted by Gasteiger charge is -2.24. The molecule has 15 heteroatoms. The largest absolute Gasteiger partial charge is 0.481 e. The van der Waals surface area contributed by atoms with Gasteiger partial charge in [0.1, 0.15) is 18.1 Å². The maximum absolute atomic E-state index is 12.8. The Balaban J connectivity index is 2.87. The molecule has 0 saturated carbocycles. The SMILES string of the molecule is NCCCCC(NC(=O)C(CO)NC(=O)C(N)CC(=O)O)C(=O)NC(Cc1cnc[nH]1)C(=O)O. The van der Waals surface area contributed by atoms with Crippen LogP contribution in [0.1, 0.15) is 31.4 Å². The van der Waals surface area contributed by atoms with Crippen molar-refractivity contribution in [3.63, 3.8) is 0 Å². The van der Waals surface area contributed by atoms with Crippen LogP contribution in [0.5, 0.6) is 0 Å². The first kappa shape index (κ1) is 28.5. The third-order valence-electron chi connectivity index (χ3n) is 4.72. The van der Waals surface area contributed by atoms with E-state index in [9.17, 15) is 34.2 Å². The molecule has 34 heavy (non-hydrogen) atoms. The lowest BCUT2D eigenvalue weighted by Crippen LogP contribution is -2.58. The van der Waals surface area contributed by atoms with Gasteiger partial charge >= 0.3 is 11.9 Å². The Bertz CT molecular complexity index is 833. The van der Waals surface area contributed by atoms with Gasteiger partial charge < -0.3 is 47.7 Å². The van der Waals surface area contributed by atoms with Crippen molar-refractivity contribution in [1.29, 1.82) is 0 Å². The van der Waals surface area contributed by atoms with E-state index in [0.717, 1.165) is 0 Å². The second-order valence-corrected chi connectivity index (χ2v) is 7.47. The van der Waals surface area contributed by atoms with E-state index in [-0.39, 0.29) is 12.8 Å². The number of carbonyl (C=O) groups is 5. The molecule has 1 aromatic rings. The van der Waals surface area contributed by atoms with Gasteiger partial charge in [0.25, 0.3) is 0 Å². The number of aromatic amines is 1. The molecule has 0 radical (unpaired) electrons. The van der Waals surface area contributed by atoms with Crippen LogP contribution in [0.4, 0.5) is 0 Å². The fourth-order valence-electron chi connectivity index (χ4n) is 2.88. The van der Waals surface area contributed by atoms with E-state index in [1.165, 1.54) is 12.5 Å². The molecule has 0 aromatic carbocycles. The summed E-state index contributed by atoms with van der Waals surface area (Å²) in [5.74, 6) is -5.34. The average Bonchev–Trinajstić information content (AvgIpc) is 3.28. The van der Waals surface area contributed by atoms with Crippen LogP contribution in [0.2, 0.25) is 0 Å². The van der Waals surface area contributed by atoms with Gasteiger partial charge in [-0.05, 0) is 25.8 Å².